The number of hydrogen-bond donors (Lipinski definition) is 0. The van der Waals surface area contributed by atoms with E-state index in [1.807, 2.05) is 18.5 Å². The highest BCUT2D eigenvalue weighted by atomic mass is 35.5. The Morgan fingerprint density at radius 3 is 3.00 bits per heavy atom. The lowest BCUT2D eigenvalue weighted by atomic mass is 10.3. The molecule has 3 rings (SSSR count). The van der Waals surface area contributed by atoms with Gasteiger partial charge in [-0.25, -0.2) is 15.0 Å². The SMILES string of the molecule is Clc1nccc(N2CCn3ccnc3C2)n1. The van der Waals surface area contributed by atoms with Crippen molar-refractivity contribution in [1.29, 1.82) is 0 Å². The van der Waals surface area contributed by atoms with E-state index in [1.54, 1.807) is 6.20 Å². The van der Waals surface area contributed by atoms with Crippen LogP contribution in [-0.2, 0) is 13.1 Å². The average Bonchev–Trinajstić information content (AvgIpc) is 2.75. The van der Waals surface area contributed by atoms with E-state index in [1.165, 1.54) is 0 Å². The molecule has 0 unspecified atom stereocenters. The van der Waals surface area contributed by atoms with Crippen molar-refractivity contribution in [3.05, 3.63) is 35.8 Å². The first kappa shape index (κ1) is 9.59. The minimum atomic E-state index is 0.284. The Balaban J connectivity index is 1.88. The first-order valence-corrected chi connectivity index (χ1v) is 5.44. The second-order valence-corrected chi connectivity index (χ2v) is 3.98. The van der Waals surface area contributed by atoms with Crippen LogP contribution in [0.25, 0.3) is 0 Å². The summed E-state index contributed by atoms with van der Waals surface area (Å²) >= 11 is 5.77. The van der Waals surface area contributed by atoms with E-state index in [2.05, 4.69) is 24.4 Å². The molecule has 0 aromatic carbocycles. The third-order valence-electron chi connectivity index (χ3n) is 2.68. The first-order valence-electron chi connectivity index (χ1n) is 5.06. The van der Waals surface area contributed by atoms with Gasteiger partial charge in [-0.1, -0.05) is 0 Å². The summed E-state index contributed by atoms with van der Waals surface area (Å²) in [6.07, 6.45) is 5.50. The van der Waals surface area contributed by atoms with Crippen molar-refractivity contribution in [2.24, 2.45) is 0 Å². The topological polar surface area (TPSA) is 46.8 Å². The van der Waals surface area contributed by atoms with Crippen LogP contribution in [0.4, 0.5) is 5.82 Å². The van der Waals surface area contributed by atoms with Crippen molar-refractivity contribution in [2.45, 2.75) is 13.1 Å². The number of hydrogen-bond acceptors (Lipinski definition) is 4. The van der Waals surface area contributed by atoms with Crippen LogP contribution in [0.15, 0.2) is 24.7 Å². The van der Waals surface area contributed by atoms with Crippen molar-refractivity contribution in [2.75, 3.05) is 11.4 Å². The lowest BCUT2D eigenvalue weighted by Gasteiger charge is -2.28. The van der Waals surface area contributed by atoms with Gasteiger partial charge in [-0.15, -0.1) is 0 Å². The maximum atomic E-state index is 5.77. The molecule has 0 N–H and O–H groups in total. The number of nitrogens with zero attached hydrogens (tertiary/aromatic N) is 5. The van der Waals surface area contributed by atoms with E-state index >= 15 is 0 Å². The lowest BCUT2D eigenvalue weighted by Crippen LogP contribution is -2.34. The van der Waals surface area contributed by atoms with Gasteiger partial charge in [0.05, 0.1) is 6.54 Å². The molecule has 82 valence electrons. The standard InChI is InChI=1S/C10H10ClN5/c11-10-13-2-1-8(14-10)16-6-5-15-4-3-12-9(15)7-16/h1-4H,5-7H2. The molecule has 0 bridgehead atoms. The Bertz CT molecular complexity index is 509. The van der Waals surface area contributed by atoms with Crippen LogP contribution in [0.5, 0.6) is 0 Å². The van der Waals surface area contributed by atoms with Crippen molar-refractivity contribution < 1.29 is 0 Å². The Labute approximate surface area is 97.7 Å². The highest BCUT2D eigenvalue weighted by molar-refractivity contribution is 6.28. The summed E-state index contributed by atoms with van der Waals surface area (Å²) in [6, 6.07) is 1.87. The Hall–Kier alpha value is -1.62. The van der Waals surface area contributed by atoms with Crippen molar-refractivity contribution in [3.8, 4) is 0 Å². The fourth-order valence-electron chi connectivity index (χ4n) is 1.87. The predicted octanol–water partition coefficient (Wildman–Crippen LogP) is 1.35. The molecule has 0 amide bonds. The average molecular weight is 236 g/mol. The second-order valence-electron chi connectivity index (χ2n) is 3.64. The molecule has 5 nitrogen and oxygen atoms in total. The van der Waals surface area contributed by atoms with Gasteiger partial charge in [-0.3, -0.25) is 0 Å². The van der Waals surface area contributed by atoms with Gasteiger partial charge in [0.15, 0.2) is 0 Å². The Kier molecular flexibility index (Phi) is 2.25. The predicted molar refractivity (Wildman–Crippen MR) is 60.3 cm³/mol. The summed E-state index contributed by atoms with van der Waals surface area (Å²) in [7, 11) is 0. The monoisotopic (exact) mass is 235 g/mol. The molecule has 3 heterocycles. The maximum Gasteiger partial charge on any atom is 0.224 e. The summed E-state index contributed by atoms with van der Waals surface area (Å²) < 4.78 is 2.15. The molecule has 1 aliphatic heterocycles. The molecule has 2 aromatic rings. The summed E-state index contributed by atoms with van der Waals surface area (Å²) in [5.41, 5.74) is 0. The van der Waals surface area contributed by atoms with Crippen molar-refractivity contribution in [1.82, 2.24) is 19.5 Å². The van der Waals surface area contributed by atoms with Crippen LogP contribution >= 0.6 is 11.6 Å². The Morgan fingerprint density at radius 1 is 1.19 bits per heavy atom. The number of imidazole rings is 1. The van der Waals surface area contributed by atoms with Gasteiger partial charge in [0.1, 0.15) is 11.6 Å². The summed E-state index contributed by atoms with van der Waals surface area (Å²) in [5, 5.41) is 0.284. The zero-order chi connectivity index (χ0) is 11.0. The summed E-state index contributed by atoms with van der Waals surface area (Å²) in [4.78, 5) is 14.5. The number of fused-ring (bicyclic) bond motifs is 1. The molecule has 0 radical (unpaired) electrons. The molecular formula is C10H10ClN5. The first-order chi connectivity index (χ1) is 7.83. The van der Waals surface area contributed by atoms with E-state index in [-0.39, 0.29) is 5.28 Å². The molecule has 2 aromatic heterocycles. The highest BCUT2D eigenvalue weighted by Gasteiger charge is 2.17. The van der Waals surface area contributed by atoms with Gasteiger partial charge < -0.3 is 9.47 Å². The summed E-state index contributed by atoms with van der Waals surface area (Å²) in [6.45, 7) is 2.61. The normalized spacial score (nSPS) is 14.9. The van der Waals surface area contributed by atoms with Gasteiger partial charge in [0.2, 0.25) is 5.28 Å². The van der Waals surface area contributed by atoms with E-state index in [9.17, 15) is 0 Å². The molecule has 0 aliphatic carbocycles. The van der Waals surface area contributed by atoms with Gasteiger partial charge in [0, 0.05) is 31.7 Å². The molecule has 16 heavy (non-hydrogen) atoms. The highest BCUT2D eigenvalue weighted by Crippen LogP contribution is 2.18. The fourth-order valence-corrected chi connectivity index (χ4v) is 2.01. The van der Waals surface area contributed by atoms with Gasteiger partial charge >= 0.3 is 0 Å². The molecule has 0 saturated carbocycles. The van der Waals surface area contributed by atoms with Crippen LogP contribution < -0.4 is 4.90 Å². The van der Waals surface area contributed by atoms with Crippen molar-refractivity contribution >= 4 is 17.4 Å². The third-order valence-corrected chi connectivity index (χ3v) is 2.86. The van der Waals surface area contributed by atoms with E-state index in [0.717, 1.165) is 31.3 Å². The van der Waals surface area contributed by atoms with Crippen LogP contribution in [0.1, 0.15) is 5.82 Å². The van der Waals surface area contributed by atoms with Crippen LogP contribution in [0, 0.1) is 0 Å². The number of halogens is 1. The third kappa shape index (κ3) is 1.63. The van der Waals surface area contributed by atoms with E-state index < -0.39 is 0 Å². The van der Waals surface area contributed by atoms with E-state index in [0.29, 0.717) is 0 Å². The zero-order valence-electron chi connectivity index (χ0n) is 8.54. The smallest absolute Gasteiger partial charge is 0.224 e. The molecule has 0 saturated heterocycles. The van der Waals surface area contributed by atoms with Crippen LogP contribution in [-0.4, -0.2) is 26.1 Å². The van der Waals surface area contributed by atoms with Crippen LogP contribution in [0.3, 0.4) is 0 Å². The minimum absolute atomic E-state index is 0.284. The molecule has 0 atom stereocenters. The Morgan fingerprint density at radius 2 is 2.12 bits per heavy atom. The zero-order valence-corrected chi connectivity index (χ0v) is 9.30. The molecule has 6 heteroatoms. The van der Waals surface area contributed by atoms with Gasteiger partial charge in [-0.05, 0) is 17.7 Å². The van der Waals surface area contributed by atoms with Crippen molar-refractivity contribution in [3.63, 3.8) is 0 Å². The second kappa shape index (κ2) is 3.75. The van der Waals surface area contributed by atoms with Crippen LogP contribution in [0.2, 0.25) is 5.28 Å². The summed E-state index contributed by atoms with van der Waals surface area (Å²) in [5.74, 6) is 1.91. The molecule has 0 fully saturated rings. The molecule has 0 spiro atoms. The molecular weight excluding hydrogens is 226 g/mol. The largest absolute Gasteiger partial charge is 0.347 e. The number of anilines is 1. The number of rotatable bonds is 1. The minimum Gasteiger partial charge on any atom is -0.347 e. The van der Waals surface area contributed by atoms with Gasteiger partial charge in [-0.2, -0.15) is 0 Å². The fraction of sp³-hybridized carbons (Fsp3) is 0.300. The maximum absolute atomic E-state index is 5.77. The van der Waals surface area contributed by atoms with E-state index in [4.69, 9.17) is 11.6 Å². The number of aromatic nitrogens is 4. The van der Waals surface area contributed by atoms with Gasteiger partial charge in [0.25, 0.3) is 0 Å². The molecule has 1 aliphatic rings. The lowest BCUT2D eigenvalue weighted by molar-refractivity contribution is 0.556. The quantitative estimate of drug-likeness (QED) is 0.700.